The van der Waals surface area contributed by atoms with Gasteiger partial charge in [0.05, 0.1) is 7.11 Å². The van der Waals surface area contributed by atoms with Crippen LogP contribution in [0.25, 0.3) is 0 Å². The first kappa shape index (κ1) is 20.2. The highest BCUT2D eigenvalue weighted by Crippen LogP contribution is 2.35. The summed E-state index contributed by atoms with van der Waals surface area (Å²) in [6, 6.07) is 7.04. The molecular weight excluding hydrogens is 358 g/mol. The third-order valence-corrected chi connectivity index (χ3v) is 5.65. The van der Waals surface area contributed by atoms with E-state index in [0.717, 1.165) is 0 Å². The van der Waals surface area contributed by atoms with Crippen LogP contribution in [0.15, 0.2) is 24.3 Å². The van der Waals surface area contributed by atoms with Gasteiger partial charge in [0.25, 0.3) is 5.91 Å². The summed E-state index contributed by atoms with van der Waals surface area (Å²) in [5.41, 5.74) is 0.159. The van der Waals surface area contributed by atoms with Crippen molar-refractivity contribution >= 4 is 17.7 Å². The van der Waals surface area contributed by atoms with Gasteiger partial charge in [0.1, 0.15) is 5.75 Å². The van der Waals surface area contributed by atoms with E-state index in [-0.39, 0.29) is 23.6 Å². The van der Waals surface area contributed by atoms with E-state index in [1.54, 1.807) is 48.2 Å². The van der Waals surface area contributed by atoms with Crippen LogP contribution in [0.5, 0.6) is 5.75 Å². The molecule has 0 saturated carbocycles. The van der Waals surface area contributed by atoms with Gasteiger partial charge in [-0.05, 0) is 24.3 Å². The number of hydrogen-bond donors (Lipinski definition) is 0. The smallest absolute Gasteiger partial charge is 0.253 e. The number of hydrogen-bond acceptors (Lipinski definition) is 4. The second-order valence-corrected chi connectivity index (χ2v) is 8.30. The molecule has 0 aliphatic carbocycles. The van der Waals surface area contributed by atoms with Gasteiger partial charge in [-0.15, -0.1) is 0 Å². The van der Waals surface area contributed by atoms with Crippen molar-refractivity contribution in [2.45, 2.75) is 20.3 Å². The van der Waals surface area contributed by atoms with E-state index >= 15 is 0 Å². The number of carbonyl (C=O) groups is 3. The summed E-state index contributed by atoms with van der Waals surface area (Å²) >= 11 is 0. The molecule has 0 bridgehead atoms. The lowest BCUT2D eigenvalue weighted by Crippen LogP contribution is -2.45. The van der Waals surface area contributed by atoms with Crippen molar-refractivity contribution in [3.63, 3.8) is 0 Å². The fourth-order valence-electron chi connectivity index (χ4n) is 4.22. The summed E-state index contributed by atoms with van der Waals surface area (Å²) in [4.78, 5) is 43.5. The molecule has 1 aromatic rings. The molecule has 2 saturated heterocycles. The van der Waals surface area contributed by atoms with Crippen molar-refractivity contribution in [1.29, 1.82) is 0 Å². The van der Waals surface area contributed by atoms with Crippen LogP contribution < -0.4 is 4.74 Å². The highest BCUT2D eigenvalue weighted by atomic mass is 16.5. The fourth-order valence-corrected chi connectivity index (χ4v) is 4.22. The minimum Gasteiger partial charge on any atom is -0.497 e. The van der Waals surface area contributed by atoms with Crippen LogP contribution >= 0.6 is 0 Å². The molecule has 28 heavy (non-hydrogen) atoms. The summed E-state index contributed by atoms with van der Waals surface area (Å²) in [5, 5.41) is 0. The van der Waals surface area contributed by atoms with Crippen molar-refractivity contribution in [2.24, 2.45) is 11.3 Å². The van der Waals surface area contributed by atoms with Crippen LogP contribution in [0.2, 0.25) is 0 Å². The van der Waals surface area contributed by atoms with E-state index in [2.05, 4.69) is 0 Å². The normalized spacial score (nSPS) is 22.8. The molecule has 1 aromatic carbocycles. The second kappa shape index (κ2) is 7.81. The average molecular weight is 387 g/mol. The summed E-state index contributed by atoms with van der Waals surface area (Å²) in [5.74, 6) is 0.634. The van der Waals surface area contributed by atoms with Gasteiger partial charge in [0, 0.05) is 63.1 Å². The SMILES string of the molecule is COc1ccc(C(=O)N2CCN(C(=O)C(C)C)C[C@]3(CC(=O)N(C)C3)C2)cc1. The molecule has 2 fully saturated rings. The Kier molecular flexibility index (Phi) is 5.63. The lowest BCUT2D eigenvalue weighted by Gasteiger charge is -2.33. The monoisotopic (exact) mass is 387 g/mol. The van der Waals surface area contributed by atoms with Gasteiger partial charge in [-0.3, -0.25) is 14.4 Å². The first-order chi connectivity index (χ1) is 13.2. The highest BCUT2D eigenvalue weighted by molar-refractivity contribution is 5.94. The fraction of sp³-hybridized carbons (Fsp3) is 0.571. The Morgan fingerprint density at radius 2 is 1.64 bits per heavy atom. The number of methoxy groups -OCH3 is 1. The molecular formula is C21H29N3O4. The van der Waals surface area contributed by atoms with Gasteiger partial charge in [-0.2, -0.15) is 0 Å². The predicted octanol–water partition coefficient (Wildman–Crippen LogP) is 1.48. The van der Waals surface area contributed by atoms with Crippen molar-refractivity contribution in [3.05, 3.63) is 29.8 Å². The van der Waals surface area contributed by atoms with E-state index in [1.165, 1.54) is 0 Å². The zero-order chi connectivity index (χ0) is 20.5. The van der Waals surface area contributed by atoms with E-state index in [0.29, 0.717) is 50.5 Å². The Morgan fingerprint density at radius 3 is 2.18 bits per heavy atom. The maximum absolute atomic E-state index is 13.1. The Hall–Kier alpha value is -2.57. The topological polar surface area (TPSA) is 70.2 Å². The number of rotatable bonds is 3. The lowest BCUT2D eigenvalue weighted by molar-refractivity contribution is -0.135. The standard InChI is InChI=1S/C21H29N3O4/c1-15(2)19(26)23-9-10-24(14-21(13-23)11-18(25)22(3)12-21)20(27)16-5-7-17(28-4)8-6-16/h5-8,15H,9-14H2,1-4H3/t21-/m1/s1. The van der Waals surface area contributed by atoms with Gasteiger partial charge in [-0.1, -0.05) is 13.8 Å². The molecule has 0 N–H and O–H groups in total. The van der Waals surface area contributed by atoms with Crippen LogP contribution in [-0.2, 0) is 9.59 Å². The van der Waals surface area contributed by atoms with E-state index in [4.69, 9.17) is 4.74 Å². The molecule has 2 aliphatic heterocycles. The number of likely N-dealkylation sites (tertiary alicyclic amines) is 1. The molecule has 1 atom stereocenters. The van der Waals surface area contributed by atoms with Crippen molar-refractivity contribution in [1.82, 2.24) is 14.7 Å². The molecule has 0 aromatic heterocycles. The van der Waals surface area contributed by atoms with Gasteiger partial charge in [-0.25, -0.2) is 0 Å². The molecule has 3 rings (SSSR count). The molecule has 7 heteroatoms. The molecule has 7 nitrogen and oxygen atoms in total. The number of amides is 3. The van der Waals surface area contributed by atoms with Crippen LogP contribution in [0, 0.1) is 11.3 Å². The third-order valence-electron chi connectivity index (χ3n) is 5.65. The first-order valence-corrected chi connectivity index (χ1v) is 9.71. The van der Waals surface area contributed by atoms with Gasteiger partial charge in [0.15, 0.2) is 0 Å². The second-order valence-electron chi connectivity index (χ2n) is 8.30. The molecule has 3 amide bonds. The molecule has 1 spiro atoms. The first-order valence-electron chi connectivity index (χ1n) is 9.71. The lowest BCUT2D eigenvalue weighted by atomic mass is 9.85. The van der Waals surface area contributed by atoms with Gasteiger partial charge < -0.3 is 19.4 Å². The average Bonchev–Trinajstić information content (AvgIpc) is 2.84. The minimum atomic E-state index is -0.422. The van der Waals surface area contributed by atoms with Crippen LogP contribution in [0.1, 0.15) is 30.6 Å². The quantitative estimate of drug-likeness (QED) is 0.788. The summed E-state index contributed by atoms with van der Waals surface area (Å²) in [6.45, 7) is 6.24. The summed E-state index contributed by atoms with van der Waals surface area (Å²) in [6.07, 6.45) is 0.359. The minimum absolute atomic E-state index is 0.0655. The number of nitrogens with zero attached hydrogens (tertiary/aromatic N) is 3. The predicted molar refractivity (Wildman–Crippen MR) is 105 cm³/mol. The summed E-state index contributed by atoms with van der Waals surface area (Å²) in [7, 11) is 3.37. The molecule has 0 unspecified atom stereocenters. The Bertz CT molecular complexity index is 761. The van der Waals surface area contributed by atoms with Crippen molar-refractivity contribution in [2.75, 3.05) is 46.9 Å². The van der Waals surface area contributed by atoms with Crippen molar-refractivity contribution < 1.29 is 19.1 Å². The Balaban J connectivity index is 1.87. The van der Waals surface area contributed by atoms with E-state index in [9.17, 15) is 14.4 Å². The zero-order valence-electron chi connectivity index (χ0n) is 17.1. The van der Waals surface area contributed by atoms with E-state index in [1.807, 2.05) is 18.7 Å². The van der Waals surface area contributed by atoms with Crippen molar-refractivity contribution in [3.8, 4) is 5.75 Å². The molecule has 152 valence electrons. The summed E-state index contributed by atoms with van der Waals surface area (Å²) < 4.78 is 5.16. The third kappa shape index (κ3) is 3.98. The molecule has 2 heterocycles. The maximum atomic E-state index is 13.1. The van der Waals surface area contributed by atoms with Crippen LogP contribution in [0.4, 0.5) is 0 Å². The maximum Gasteiger partial charge on any atom is 0.253 e. The zero-order valence-corrected chi connectivity index (χ0v) is 17.1. The van der Waals surface area contributed by atoms with Gasteiger partial charge >= 0.3 is 0 Å². The number of benzene rings is 1. The van der Waals surface area contributed by atoms with Crippen LogP contribution in [-0.4, -0.2) is 79.3 Å². The molecule has 2 aliphatic rings. The number of ether oxygens (including phenoxy) is 1. The van der Waals surface area contributed by atoms with E-state index < -0.39 is 5.41 Å². The molecule has 0 radical (unpaired) electrons. The Morgan fingerprint density at radius 1 is 1.04 bits per heavy atom. The Labute approximate surface area is 166 Å². The number of carbonyl (C=O) groups excluding carboxylic acids is 3. The largest absolute Gasteiger partial charge is 0.497 e. The van der Waals surface area contributed by atoms with Crippen LogP contribution in [0.3, 0.4) is 0 Å². The highest BCUT2D eigenvalue weighted by Gasteiger charge is 2.47. The van der Waals surface area contributed by atoms with Gasteiger partial charge in [0.2, 0.25) is 11.8 Å².